The summed E-state index contributed by atoms with van der Waals surface area (Å²) >= 11 is 11.7. The van der Waals surface area contributed by atoms with Crippen LogP contribution in [0.3, 0.4) is 0 Å². The molecule has 0 radical (unpaired) electrons. The van der Waals surface area contributed by atoms with Crippen molar-refractivity contribution in [2.45, 2.75) is 0 Å². The van der Waals surface area contributed by atoms with Crippen LogP contribution < -0.4 is 4.80 Å². The molecule has 2 aromatic carbocycles. The molecule has 8 heteroatoms. The zero-order chi connectivity index (χ0) is 18.0. The van der Waals surface area contributed by atoms with Crippen LogP contribution in [0.15, 0.2) is 65.3 Å². The number of thiazole rings is 1. The third-order valence-corrected chi connectivity index (χ3v) is 5.97. The summed E-state index contributed by atoms with van der Waals surface area (Å²) in [6.07, 6.45) is 1.73. The number of benzene rings is 2. The van der Waals surface area contributed by atoms with E-state index in [-0.39, 0.29) is 5.75 Å². The Morgan fingerprint density at radius 3 is 2.48 bits per heavy atom. The molecule has 0 saturated heterocycles. The number of hydrogen-bond donors (Lipinski definition) is 1. The van der Waals surface area contributed by atoms with Crippen LogP contribution in [0, 0.1) is 0 Å². The van der Waals surface area contributed by atoms with Crippen LogP contribution in [0.25, 0.3) is 11.3 Å². The summed E-state index contributed by atoms with van der Waals surface area (Å²) in [5.41, 5.74) is 2.85. The number of phenolic OH excluding ortho intramolecular Hbond substituents is 1. The summed E-state index contributed by atoms with van der Waals surface area (Å²) in [5, 5.41) is 16.4. The number of rotatable bonds is 3. The van der Waals surface area contributed by atoms with Gasteiger partial charge < -0.3 is 5.11 Å². The minimum atomic E-state index is 0.166. The van der Waals surface area contributed by atoms with E-state index in [0.29, 0.717) is 8.95 Å². The molecule has 0 spiro atoms. The third kappa shape index (κ3) is 4.13. The lowest BCUT2D eigenvalue weighted by molar-refractivity contribution is 0.468. The molecule has 128 valence electrons. The van der Waals surface area contributed by atoms with Gasteiger partial charge in [0.1, 0.15) is 5.75 Å². The molecule has 0 fully saturated rings. The first-order valence-corrected chi connectivity index (χ1v) is 10.4. The fraction of sp³-hybridized carbons (Fsp3) is 0.0588. The molecular formula is C17H12Br3N3OS. The van der Waals surface area contributed by atoms with Crippen molar-refractivity contribution in [2.75, 3.05) is 7.05 Å². The normalized spacial score (nSPS) is 12.2. The van der Waals surface area contributed by atoms with Crippen molar-refractivity contribution in [1.29, 1.82) is 0 Å². The van der Waals surface area contributed by atoms with Crippen LogP contribution in [0.1, 0.15) is 5.56 Å². The zero-order valence-electron chi connectivity index (χ0n) is 12.9. The van der Waals surface area contributed by atoms with Crippen LogP contribution in [0.2, 0.25) is 0 Å². The summed E-state index contributed by atoms with van der Waals surface area (Å²) in [4.78, 5) is 5.09. The van der Waals surface area contributed by atoms with E-state index in [2.05, 4.69) is 57.9 Å². The topological polar surface area (TPSA) is 49.9 Å². The van der Waals surface area contributed by atoms with Gasteiger partial charge in [0, 0.05) is 22.5 Å². The Labute approximate surface area is 174 Å². The number of halogens is 3. The SMILES string of the molecule is CN=c1scc(-c2cccc(Br)c2)n1N=Cc1cc(Br)c(O)c(Br)c1. The lowest BCUT2D eigenvalue weighted by atomic mass is 10.2. The molecule has 3 aromatic rings. The highest BCUT2D eigenvalue weighted by atomic mass is 79.9. The van der Waals surface area contributed by atoms with Crippen molar-refractivity contribution in [3.63, 3.8) is 0 Å². The molecule has 3 rings (SSSR count). The monoisotopic (exact) mass is 543 g/mol. The van der Waals surface area contributed by atoms with Crippen molar-refractivity contribution >= 4 is 65.3 Å². The molecule has 0 atom stereocenters. The van der Waals surface area contributed by atoms with Gasteiger partial charge in [0.05, 0.1) is 20.9 Å². The molecular weight excluding hydrogens is 534 g/mol. The average Bonchev–Trinajstić information content (AvgIpc) is 3.00. The summed E-state index contributed by atoms with van der Waals surface area (Å²) in [5.74, 6) is 0.166. The van der Waals surface area contributed by atoms with Crippen LogP contribution in [-0.4, -0.2) is 23.0 Å². The fourth-order valence-corrected chi connectivity index (χ4v) is 4.62. The van der Waals surface area contributed by atoms with Gasteiger partial charge in [-0.2, -0.15) is 5.10 Å². The Bertz CT molecular complexity index is 1000. The minimum absolute atomic E-state index is 0.166. The van der Waals surface area contributed by atoms with E-state index in [1.807, 2.05) is 29.6 Å². The van der Waals surface area contributed by atoms with Crippen LogP contribution in [-0.2, 0) is 0 Å². The molecule has 0 amide bonds. The Morgan fingerprint density at radius 1 is 1.12 bits per heavy atom. The van der Waals surface area contributed by atoms with Gasteiger partial charge in [-0.05, 0) is 61.7 Å². The molecule has 4 nitrogen and oxygen atoms in total. The van der Waals surface area contributed by atoms with Gasteiger partial charge in [0.2, 0.25) is 4.80 Å². The smallest absolute Gasteiger partial charge is 0.205 e. The van der Waals surface area contributed by atoms with Gasteiger partial charge in [0.15, 0.2) is 0 Å². The minimum Gasteiger partial charge on any atom is -0.506 e. The average molecular weight is 546 g/mol. The Balaban J connectivity index is 2.07. The van der Waals surface area contributed by atoms with Gasteiger partial charge >= 0.3 is 0 Å². The van der Waals surface area contributed by atoms with Gasteiger partial charge in [0.25, 0.3) is 0 Å². The maximum atomic E-state index is 9.82. The van der Waals surface area contributed by atoms with E-state index >= 15 is 0 Å². The molecule has 0 aliphatic carbocycles. The number of aromatic nitrogens is 1. The predicted molar refractivity (Wildman–Crippen MR) is 113 cm³/mol. The van der Waals surface area contributed by atoms with E-state index in [1.165, 1.54) is 11.3 Å². The first-order valence-electron chi connectivity index (χ1n) is 7.11. The molecule has 0 aliphatic rings. The molecule has 0 saturated carbocycles. The van der Waals surface area contributed by atoms with Crippen molar-refractivity contribution in [3.05, 3.63) is 65.6 Å². The Hall–Kier alpha value is -1.22. The second-order valence-electron chi connectivity index (χ2n) is 5.03. The molecule has 1 heterocycles. The number of phenols is 1. The summed E-state index contributed by atoms with van der Waals surface area (Å²) < 4.78 is 4.02. The van der Waals surface area contributed by atoms with E-state index in [0.717, 1.165) is 26.1 Å². The highest BCUT2D eigenvalue weighted by Gasteiger charge is 2.08. The lowest BCUT2D eigenvalue weighted by Crippen LogP contribution is -2.11. The molecule has 0 aliphatic heterocycles. The quantitative estimate of drug-likeness (QED) is 0.427. The first-order chi connectivity index (χ1) is 12.0. The van der Waals surface area contributed by atoms with Crippen LogP contribution in [0.4, 0.5) is 0 Å². The third-order valence-electron chi connectivity index (χ3n) is 3.36. The van der Waals surface area contributed by atoms with Gasteiger partial charge in [-0.3, -0.25) is 4.99 Å². The largest absolute Gasteiger partial charge is 0.506 e. The van der Waals surface area contributed by atoms with Crippen molar-refractivity contribution in [3.8, 4) is 17.0 Å². The maximum Gasteiger partial charge on any atom is 0.205 e. The van der Waals surface area contributed by atoms with Crippen molar-refractivity contribution in [2.24, 2.45) is 10.1 Å². The molecule has 0 unspecified atom stereocenters. The number of hydrogen-bond acceptors (Lipinski definition) is 4. The molecule has 1 N–H and O–H groups in total. The van der Waals surface area contributed by atoms with E-state index in [9.17, 15) is 5.11 Å². The van der Waals surface area contributed by atoms with E-state index in [1.54, 1.807) is 30.1 Å². The van der Waals surface area contributed by atoms with Crippen LogP contribution in [0.5, 0.6) is 5.75 Å². The predicted octanol–water partition coefficient (Wildman–Crippen LogP) is 5.62. The molecule has 0 bridgehead atoms. The van der Waals surface area contributed by atoms with E-state index < -0.39 is 0 Å². The highest BCUT2D eigenvalue weighted by Crippen LogP contribution is 2.33. The standard InChI is InChI=1S/C17H12Br3N3OS/c1-21-17-23(15(9-25-17)11-3-2-4-12(18)7-11)22-8-10-5-13(19)16(24)14(20)6-10/h2-9,24H,1H3. The summed E-state index contributed by atoms with van der Waals surface area (Å²) in [7, 11) is 1.75. The highest BCUT2D eigenvalue weighted by molar-refractivity contribution is 9.11. The van der Waals surface area contributed by atoms with Gasteiger partial charge in [-0.1, -0.05) is 28.1 Å². The maximum absolute atomic E-state index is 9.82. The molecule has 25 heavy (non-hydrogen) atoms. The number of nitrogens with zero attached hydrogens (tertiary/aromatic N) is 3. The summed E-state index contributed by atoms with van der Waals surface area (Å²) in [6, 6.07) is 11.7. The fourth-order valence-electron chi connectivity index (χ4n) is 2.19. The lowest BCUT2D eigenvalue weighted by Gasteiger charge is -2.05. The first kappa shape index (κ1) is 18.6. The Kier molecular flexibility index (Phi) is 5.93. The number of aromatic hydroxyl groups is 1. The Morgan fingerprint density at radius 2 is 1.84 bits per heavy atom. The van der Waals surface area contributed by atoms with Gasteiger partial charge in [-0.25, -0.2) is 4.68 Å². The second kappa shape index (κ2) is 7.99. The van der Waals surface area contributed by atoms with Gasteiger partial charge in [-0.15, -0.1) is 11.3 Å². The summed E-state index contributed by atoms with van der Waals surface area (Å²) in [6.45, 7) is 0. The second-order valence-corrected chi connectivity index (χ2v) is 8.49. The van der Waals surface area contributed by atoms with Crippen molar-refractivity contribution < 1.29 is 5.11 Å². The van der Waals surface area contributed by atoms with Crippen LogP contribution >= 0.6 is 59.1 Å². The molecule has 1 aromatic heterocycles. The zero-order valence-corrected chi connectivity index (χ0v) is 18.5. The van der Waals surface area contributed by atoms with Crippen molar-refractivity contribution in [1.82, 2.24) is 4.68 Å². The van der Waals surface area contributed by atoms with E-state index in [4.69, 9.17) is 0 Å².